The first-order valence-electron chi connectivity index (χ1n) is 9.54. The van der Waals surface area contributed by atoms with E-state index in [1.807, 2.05) is 30.3 Å². The Morgan fingerprint density at radius 2 is 1.79 bits per heavy atom. The van der Waals surface area contributed by atoms with Gasteiger partial charge in [0.2, 0.25) is 5.91 Å². The third kappa shape index (κ3) is 5.48. The number of likely N-dealkylation sites (N-methyl/N-ethyl adjacent to an activating group) is 1. The van der Waals surface area contributed by atoms with Crippen molar-refractivity contribution in [2.45, 2.75) is 6.61 Å². The van der Waals surface area contributed by atoms with Gasteiger partial charge >= 0.3 is 0 Å². The summed E-state index contributed by atoms with van der Waals surface area (Å²) in [6, 6.07) is 14.8. The monoisotopic (exact) mass is 398 g/mol. The molecule has 29 heavy (non-hydrogen) atoms. The molecule has 2 aromatic rings. The van der Waals surface area contributed by atoms with Crippen LogP contribution in [0.3, 0.4) is 0 Å². The molecule has 2 aromatic carbocycles. The van der Waals surface area contributed by atoms with Gasteiger partial charge in [-0.05, 0) is 23.8 Å². The minimum absolute atomic E-state index is 0.0212. The summed E-state index contributed by atoms with van der Waals surface area (Å²) in [6.45, 7) is 2.60. The van der Waals surface area contributed by atoms with Gasteiger partial charge in [-0.1, -0.05) is 30.3 Å². The lowest BCUT2D eigenvalue weighted by atomic mass is 10.1. The highest BCUT2D eigenvalue weighted by Crippen LogP contribution is 2.29. The van der Waals surface area contributed by atoms with Crippen molar-refractivity contribution in [2.75, 3.05) is 47.0 Å². The third-order valence-electron chi connectivity index (χ3n) is 4.73. The summed E-state index contributed by atoms with van der Waals surface area (Å²) < 4.78 is 16.5. The Balaban J connectivity index is 1.63. The normalized spacial score (nSPS) is 13.7. The second kappa shape index (κ2) is 9.93. The molecule has 1 fully saturated rings. The van der Waals surface area contributed by atoms with Crippen LogP contribution in [-0.4, -0.2) is 68.6 Å². The van der Waals surface area contributed by atoms with Crippen LogP contribution in [0, 0.1) is 0 Å². The standard InChI is InChI=1S/C22H26N2O5/c1-23(15-21(25)24-10-12-28-13-11-24)22(26)18-8-9-19(20(14-18)27-2)29-16-17-6-4-3-5-7-17/h3-9,14H,10-13,15-16H2,1-2H3. The summed E-state index contributed by atoms with van der Waals surface area (Å²) >= 11 is 0. The van der Waals surface area contributed by atoms with E-state index in [-0.39, 0.29) is 18.4 Å². The highest BCUT2D eigenvalue weighted by atomic mass is 16.5. The summed E-state index contributed by atoms with van der Waals surface area (Å²) in [5.74, 6) is 0.693. The van der Waals surface area contributed by atoms with E-state index in [9.17, 15) is 9.59 Å². The molecule has 0 unspecified atom stereocenters. The van der Waals surface area contributed by atoms with Crippen molar-refractivity contribution in [3.05, 3.63) is 59.7 Å². The average molecular weight is 398 g/mol. The summed E-state index contributed by atoms with van der Waals surface area (Å²) in [7, 11) is 3.15. The van der Waals surface area contributed by atoms with Crippen LogP contribution in [0.1, 0.15) is 15.9 Å². The Morgan fingerprint density at radius 3 is 2.48 bits per heavy atom. The molecule has 0 saturated carbocycles. The van der Waals surface area contributed by atoms with Crippen LogP contribution in [0.2, 0.25) is 0 Å². The highest BCUT2D eigenvalue weighted by Gasteiger charge is 2.22. The van der Waals surface area contributed by atoms with Crippen LogP contribution < -0.4 is 9.47 Å². The van der Waals surface area contributed by atoms with Crippen LogP contribution in [0.15, 0.2) is 48.5 Å². The van der Waals surface area contributed by atoms with Crippen molar-refractivity contribution in [3.8, 4) is 11.5 Å². The molecule has 0 radical (unpaired) electrons. The van der Waals surface area contributed by atoms with Gasteiger partial charge in [-0.25, -0.2) is 0 Å². The maximum atomic E-state index is 12.8. The van der Waals surface area contributed by atoms with Crippen LogP contribution in [0.4, 0.5) is 0 Å². The van der Waals surface area contributed by atoms with Gasteiger partial charge in [0.15, 0.2) is 11.5 Å². The van der Waals surface area contributed by atoms with Gasteiger partial charge in [0.1, 0.15) is 6.61 Å². The lowest BCUT2D eigenvalue weighted by molar-refractivity contribution is -0.135. The molecule has 0 N–H and O–H groups in total. The van der Waals surface area contributed by atoms with E-state index < -0.39 is 0 Å². The molecule has 0 aliphatic carbocycles. The molecule has 1 saturated heterocycles. The molecule has 1 heterocycles. The quantitative estimate of drug-likeness (QED) is 0.715. The first kappa shape index (κ1) is 20.7. The zero-order valence-electron chi connectivity index (χ0n) is 16.8. The smallest absolute Gasteiger partial charge is 0.254 e. The van der Waals surface area contributed by atoms with E-state index >= 15 is 0 Å². The number of carbonyl (C=O) groups excluding carboxylic acids is 2. The van der Waals surface area contributed by atoms with Gasteiger partial charge < -0.3 is 24.0 Å². The van der Waals surface area contributed by atoms with Crippen LogP contribution in [0.25, 0.3) is 0 Å². The molecule has 2 amide bonds. The number of methoxy groups -OCH3 is 1. The minimum atomic E-state index is -0.250. The Labute approximate surface area is 170 Å². The molecule has 0 aromatic heterocycles. The van der Waals surface area contributed by atoms with Crippen molar-refractivity contribution in [1.82, 2.24) is 9.80 Å². The van der Waals surface area contributed by atoms with E-state index in [4.69, 9.17) is 14.2 Å². The number of hydrogen-bond acceptors (Lipinski definition) is 5. The van der Waals surface area contributed by atoms with Gasteiger partial charge in [-0.3, -0.25) is 9.59 Å². The summed E-state index contributed by atoms with van der Waals surface area (Å²) in [4.78, 5) is 28.3. The van der Waals surface area contributed by atoms with Crippen molar-refractivity contribution in [1.29, 1.82) is 0 Å². The summed E-state index contributed by atoms with van der Waals surface area (Å²) in [5, 5.41) is 0. The molecule has 0 bridgehead atoms. The molecule has 154 valence electrons. The van der Waals surface area contributed by atoms with Gasteiger partial charge in [0, 0.05) is 25.7 Å². The Bertz CT molecular complexity index is 834. The topological polar surface area (TPSA) is 68.3 Å². The van der Waals surface area contributed by atoms with Crippen LogP contribution in [0.5, 0.6) is 11.5 Å². The Morgan fingerprint density at radius 1 is 1.07 bits per heavy atom. The van der Waals surface area contributed by atoms with E-state index in [1.165, 1.54) is 12.0 Å². The lowest BCUT2D eigenvalue weighted by Crippen LogP contribution is -2.46. The Kier molecular flexibility index (Phi) is 7.08. The van der Waals surface area contributed by atoms with Crippen LogP contribution >= 0.6 is 0 Å². The molecule has 1 aliphatic rings. The molecule has 0 atom stereocenters. The van der Waals surface area contributed by atoms with Crippen molar-refractivity contribution in [3.63, 3.8) is 0 Å². The minimum Gasteiger partial charge on any atom is -0.493 e. The third-order valence-corrected chi connectivity index (χ3v) is 4.73. The molecular formula is C22H26N2O5. The number of amides is 2. The van der Waals surface area contributed by atoms with E-state index in [1.54, 1.807) is 30.1 Å². The molecule has 7 heteroatoms. The van der Waals surface area contributed by atoms with Crippen molar-refractivity contribution < 1.29 is 23.8 Å². The maximum Gasteiger partial charge on any atom is 0.254 e. The van der Waals surface area contributed by atoms with E-state index in [0.29, 0.717) is 50.0 Å². The first-order chi connectivity index (χ1) is 14.1. The predicted molar refractivity (Wildman–Crippen MR) is 108 cm³/mol. The number of morpholine rings is 1. The SMILES string of the molecule is COc1cc(C(=O)N(C)CC(=O)N2CCOCC2)ccc1OCc1ccccc1. The molecule has 3 rings (SSSR count). The summed E-state index contributed by atoms with van der Waals surface area (Å²) in [5.41, 5.74) is 1.47. The number of benzene rings is 2. The van der Waals surface area contributed by atoms with Gasteiger partial charge in [0.25, 0.3) is 5.91 Å². The number of hydrogen-bond donors (Lipinski definition) is 0. The van der Waals surface area contributed by atoms with Crippen LogP contribution in [-0.2, 0) is 16.1 Å². The van der Waals surface area contributed by atoms with Crippen molar-refractivity contribution in [2.24, 2.45) is 0 Å². The fourth-order valence-electron chi connectivity index (χ4n) is 3.06. The largest absolute Gasteiger partial charge is 0.493 e. The average Bonchev–Trinajstić information content (AvgIpc) is 2.78. The van der Waals surface area contributed by atoms with E-state index in [0.717, 1.165) is 5.56 Å². The fraction of sp³-hybridized carbons (Fsp3) is 0.364. The lowest BCUT2D eigenvalue weighted by Gasteiger charge is -2.28. The number of ether oxygens (including phenoxy) is 3. The highest BCUT2D eigenvalue weighted by molar-refractivity contribution is 5.97. The number of rotatable bonds is 7. The number of nitrogens with zero attached hydrogens (tertiary/aromatic N) is 2. The zero-order valence-corrected chi connectivity index (χ0v) is 16.8. The molecule has 0 spiro atoms. The molecular weight excluding hydrogens is 372 g/mol. The first-order valence-corrected chi connectivity index (χ1v) is 9.54. The fourth-order valence-corrected chi connectivity index (χ4v) is 3.06. The number of carbonyl (C=O) groups is 2. The van der Waals surface area contributed by atoms with Gasteiger partial charge in [0.05, 0.1) is 26.9 Å². The molecule has 7 nitrogen and oxygen atoms in total. The maximum absolute atomic E-state index is 12.8. The van der Waals surface area contributed by atoms with E-state index in [2.05, 4.69) is 0 Å². The Hall–Kier alpha value is -3.06. The van der Waals surface area contributed by atoms with Gasteiger partial charge in [-0.15, -0.1) is 0 Å². The second-order valence-corrected chi connectivity index (χ2v) is 6.79. The molecule has 1 aliphatic heterocycles. The summed E-state index contributed by atoms with van der Waals surface area (Å²) in [6.07, 6.45) is 0. The zero-order chi connectivity index (χ0) is 20.6. The van der Waals surface area contributed by atoms with Gasteiger partial charge in [-0.2, -0.15) is 0 Å². The van der Waals surface area contributed by atoms with Crippen molar-refractivity contribution >= 4 is 11.8 Å². The predicted octanol–water partition coefficient (Wildman–Crippen LogP) is 2.20. The second-order valence-electron chi connectivity index (χ2n) is 6.79.